The van der Waals surface area contributed by atoms with Crippen molar-refractivity contribution in [3.63, 3.8) is 0 Å². The first kappa shape index (κ1) is 8.72. The second kappa shape index (κ2) is 3.69. The van der Waals surface area contributed by atoms with Crippen LogP contribution in [0, 0.1) is 0 Å². The Bertz CT molecular complexity index is 61.5. The summed E-state index contributed by atoms with van der Waals surface area (Å²) in [5.41, 5.74) is 0. The largest absolute Gasteiger partial charge is 0.123 e. The summed E-state index contributed by atoms with van der Waals surface area (Å²) in [7, 11) is -0.555. The van der Waals surface area contributed by atoms with Crippen molar-refractivity contribution < 1.29 is 0 Å². The Kier molecular flexibility index (Phi) is 4.02. The van der Waals surface area contributed by atoms with Gasteiger partial charge < -0.3 is 0 Å². The van der Waals surface area contributed by atoms with Gasteiger partial charge in [-0.3, -0.25) is 0 Å². The van der Waals surface area contributed by atoms with Crippen LogP contribution in [0.1, 0.15) is 6.92 Å². The van der Waals surface area contributed by atoms with Crippen molar-refractivity contribution in [1.29, 1.82) is 0 Å². The predicted octanol–water partition coefficient (Wildman–Crippen LogP) is 2.52. The quantitative estimate of drug-likeness (QED) is 0.432. The molecular weight excluding hydrogens is 138 g/mol. The molecule has 0 unspecified atom stereocenters. The van der Waals surface area contributed by atoms with Gasteiger partial charge in [0, 0.05) is 20.6 Å². The van der Waals surface area contributed by atoms with Crippen molar-refractivity contribution in [3.8, 4) is 0 Å². The maximum Gasteiger partial charge on any atom is 0.0724 e. The molecule has 0 nitrogen and oxygen atoms in total. The first-order valence-corrected chi connectivity index (χ1v) is 6.59. The van der Waals surface area contributed by atoms with Gasteiger partial charge in [-0.1, -0.05) is 0 Å². The average Bonchev–Trinajstić information content (AvgIpc) is 1.67. The second-order valence-corrected chi connectivity index (χ2v) is 7.99. The van der Waals surface area contributed by atoms with Crippen molar-refractivity contribution in [3.05, 3.63) is 0 Å². The summed E-state index contributed by atoms with van der Waals surface area (Å²) >= 11 is 5.59. The molecule has 0 fully saturated rings. The summed E-state index contributed by atoms with van der Waals surface area (Å²) in [6, 6.07) is 0. The number of halogens is 1. The molecule has 0 atom stereocenters. The smallest absolute Gasteiger partial charge is 0.0724 e. The molecule has 0 saturated carbocycles. The van der Waals surface area contributed by atoms with Crippen LogP contribution in [0.4, 0.5) is 0 Å². The molecule has 0 aromatic heterocycles. The van der Waals surface area contributed by atoms with E-state index in [1.54, 1.807) is 0 Å². The Hall–Kier alpha value is 0.720. The Morgan fingerprint density at radius 3 is 2.00 bits per heavy atom. The lowest BCUT2D eigenvalue weighted by molar-refractivity contribution is 1.38. The van der Waals surface area contributed by atoms with E-state index in [1.807, 2.05) is 0 Å². The van der Waals surface area contributed by atoms with E-state index in [9.17, 15) is 0 Å². The van der Waals surface area contributed by atoms with E-state index in [4.69, 9.17) is 11.6 Å². The lowest BCUT2D eigenvalue weighted by atomic mass is 10.9. The minimum atomic E-state index is -0.555. The van der Waals surface area contributed by atoms with Gasteiger partial charge in [0.2, 0.25) is 0 Å². The Morgan fingerprint density at radius 2 is 1.88 bits per heavy atom. The first-order chi connectivity index (χ1) is 3.62. The van der Waals surface area contributed by atoms with E-state index in [2.05, 4.69) is 20.3 Å². The van der Waals surface area contributed by atoms with Gasteiger partial charge in [-0.05, 0) is 6.92 Å². The summed E-state index contributed by atoms with van der Waals surface area (Å²) in [5, 5.41) is 0. The fourth-order valence-corrected chi connectivity index (χ4v) is 2.53. The van der Waals surface area contributed by atoms with Crippen LogP contribution in [-0.4, -0.2) is 31.5 Å². The molecule has 0 aromatic rings. The molecule has 50 valence electrons. The van der Waals surface area contributed by atoms with E-state index >= 15 is 0 Å². The fraction of sp³-hybridized carbons (Fsp3) is 1.00. The van der Waals surface area contributed by atoms with Gasteiger partial charge >= 0.3 is 0 Å². The number of rotatable bonds is 3. The molecule has 0 spiro atoms. The van der Waals surface area contributed by atoms with Gasteiger partial charge in [0.25, 0.3) is 0 Å². The second-order valence-electron chi connectivity index (χ2n) is 2.66. The molecule has 2 heteroatoms. The molecule has 0 aromatic carbocycles. The molecule has 0 rings (SSSR count). The zero-order chi connectivity index (χ0) is 6.62. The van der Waals surface area contributed by atoms with Gasteiger partial charge in [0.05, 0.1) is 18.2 Å². The fourth-order valence-electron chi connectivity index (χ4n) is 0.387. The Labute approximate surface area is 58.0 Å². The van der Waals surface area contributed by atoms with E-state index in [1.165, 1.54) is 12.3 Å². The molecule has 0 aliphatic rings. The third kappa shape index (κ3) is 3.69. The molecule has 0 radical (unpaired) electrons. The summed E-state index contributed by atoms with van der Waals surface area (Å²) in [4.78, 5) is 0. The van der Waals surface area contributed by atoms with Crippen molar-refractivity contribution in [2.75, 3.05) is 31.5 Å². The Morgan fingerprint density at radius 1 is 1.38 bits per heavy atom. The van der Waals surface area contributed by atoms with Crippen LogP contribution in [0.3, 0.4) is 0 Å². The molecule has 0 aliphatic heterocycles. The van der Waals surface area contributed by atoms with Crippen molar-refractivity contribution in [2.45, 2.75) is 6.92 Å². The molecule has 0 saturated heterocycles. The molecule has 0 amide bonds. The van der Waals surface area contributed by atoms with Crippen molar-refractivity contribution in [2.24, 2.45) is 0 Å². The van der Waals surface area contributed by atoms with Gasteiger partial charge in [-0.2, -0.15) is 0 Å². The highest BCUT2D eigenvalue weighted by Gasteiger charge is 2.19. The van der Waals surface area contributed by atoms with Gasteiger partial charge in [0.1, 0.15) is 0 Å². The van der Waals surface area contributed by atoms with E-state index in [0.717, 1.165) is 5.88 Å². The molecule has 0 aliphatic carbocycles. The van der Waals surface area contributed by atoms with Gasteiger partial charge in [-0.15, -0.1) is 11.6 Å². The normalized spacial score (nSPS) is 12.0. The lowest BCUT2D eigenvalue weighted by Crippen LogP contribution is -1.98. The van der Waals surface area contributed by atoms with Crippen LogP contribution in [0.5, 0.6) is 0 Å². The van der Waals surface area contributed by atoms with Crippen molar-refractivity contribution >= 4 is 18.9 Å². The molecule has 8 heavy (non-hydrogen) atoms. The predicted molar refractivity (Wildman–Crippen MR) is 44.9 cm³/mol. The van der Waals surface area contributed by atoms with Crippen LogP contribution >= 0.6 is 18.9 Å². The summed E-state index contributed by atoms with van der Waals surface area (Å²) in [6.45, 7) is 6.96. The molecule has 0 bridgehead atoms. The van der Waals surface area contributed by atoms with Crippen LogP contribution in [0.25, 0.3) is 0 Å². The van der Waals surface area contributed by atoms with Crippen LogP contribution < -0.4 is 0 Å². The van der Waals surface area contributed by atoms with Crippen LogP contribution in [-0.2, 0) is 0 Å². The molecular formula is C6H15ClP+. The monoisotopic (exact) mass is 153 g/mol. The topological polar surface area (TPSA) is 0 Å². The third-order valence-corrected chi connectivity index (χ3v) is 5.14. The summed E-state index contributed by atoms with van der Waals surface area (Å²) < 4.78 is 0. The van der Waals surface area contributed by atoms with E-state index in [0.29, 0.717) is 0 Å². The van der Waals surface area contributed by atoms with Crippen LogP contribution in [0.2, 0.25) is 0 Å². The van der Waals surface area contributed by atoms with Gasteiger partial charge in [-0.25, -0.2) is 0 Å². The molecule has 0 N–H and O–H groups in total. The lowest BCUT2D eigenvalue weighted by Gasteiger charge is -2.12. The Balaban J connectivity index is 3.37. The SMILES string of the molecule is CC[P+](C)(C)CCCl. The minimum absolute atomic E-state index is 0.555. The zero-order valence-corrected chi connectivity index (χ0v) is 7.60. The van der Waals surface area contributed by atoms with Crippen molar-refractivity contribution in [1.82, 2.24) is 0 Å². The highest BCUT2D eigenvalue weighted by atomic mass is 35.5. The zero-order valence-electron chi connectivity index (χ0n) is 5.95. The first-order valence-electron chi connectivity index (χ1n) is 3.00. The molecule has 0 heterocycles. The maximum absolute atomic E-state index is 5.59. The summed E-state index contributed by atoms with van der Waals surface area (Å²) in [5.74, 6) is 0.842. The summed E-state index contributed by atoms with van der Waals surface area (Å²) in [6.07, 6.45) is 2.57. The van der Waals surface area contributed by atoms with E-state index < -0.39 is 7.26 Å². The standard InChI is InChI=1S/C6H15ClP/c1-4-8(2,3)6-5-7/h4-6H2,1-3H3/q+1. The number of hydrogen-bond acceptors (Lipinski definition) is 0. The van der Waals surface area contributed by atoms with Gasteiger partial charge in [0.15, 0.2) is 0 Å². The minimum Gasteiger partial charge on any atom is -0.123 e. The maximum atomic E-state index is 5.59. The van der Waals surface area contributed by atoms with E-state index in [-0.39, 0.29) is 0 Å². The highest BCUT2D eigenvalue weighted by Crippen LogP contribution is 2.49. The number of alkyl halides is 1. The van der Waals surface area contributed by atoms with Crippen LogP contribution in [0.15, 0.2) is 0 Å². The third-order valence-electron chi connectivity index (χ3n) is 1.55. The number of hydrogen-bond donors (Lipinski definition) is 0. The highest BCUT2D eigenvalue weighted by molar-refractivity contribution is 7.74. The average molecular weight is 154 g/mol.